The molecule has 7 nitrogen and oxygen atoms in total. The molecule has 2 aromatic heterocycles. The quantitative estimate of drug-likeness (QED) is 0.722. The molecule has 0 unspecified atom stereocenters. The van der Waals surface area contributed by atoms with Crippen molar-refractivity contribution < 1.29 is 13.2 Å². The fourth-order valence-corrected chi connectivity index (χ4v) is 3.30. The summed E-state index contributed by atoms with van der Waals surface area (Å²) in [6.45, 7) is 4.92. The molecule has 0 amide bonds. The van der Waals surface area contributed by atoms with Gasteiger partial charge in [0, 0.05) is 55.8 Å². The van der Waals surface area contributed by atoms with Crippen LogP contribution >= 0.6 is 0 Å². The first-order valence-electron chi connectivity index (χ1n) is 8.31. The standard InChI is InChI=1S/C17H22N4O3S/c1-3-9-24-16-13(5-4-7-18-16)11-21-8-6-15-14(12-21)10-19-17(20-15)25(2,22)23/h4-5,7,10H,3,6,8-9,11-12H2,1-2H3. The van der Waals surface area contributed by atoms with Crippen LogP contribution in [0.25, 0.3) is 0 Å². The van der Waals surface area contributed by atoms with Crippen LogP contribution in [0.5, 0.6) is 5.88 Å². The number of aromatic nitrogens is 3. The molecule has 0 fully saturated rings. The summed E-state index contributed by atoms with van der Waals surface area (Å²) in [6.07, 6.45) is 6.13. The highest BCUT2D eigenvalue weighted by atomic mass is 32.2. The number of hydrogen-bond donors (Lipinski definition) is 0. The van der Waals surface area contributed by atoms with Crippen LogP contribution in [0.1, 0.15) is 30.2 Å². The van der Waals surface area contributed by atoms with Gasteiger partial charge in [0.1, 0.15) is 0 Å². The van der Waals surface area contributed by atoms with Crippen LogP contribution in [0.15, 0.2) is 29.7 Å². The number of fused-ring (bicyclic) bond motifs is 1. The molecule has 3 heterocycles. The number of hydrogen-bond acceptors (Lipinski definition) is 7. The van der Waals surface area contributed by atoms with Crippen LogP contribution in [0.2, 0.25) is 0 Å². The van der Waals surface area contributed by atoms with Gasteiger partial charge < -0.3 is 4.74 Å². The van der Waals surface area contributed by atoms with E-state index in [1.807, 2.05) is 12.1 Å². The number of pyridine rings is 1. The Kier molecular flexibility index (Phi) is 5.29. The molecule has 0 radical (unpaired) electrons. The average Bonchev–Trinajstić information content (AvgIpc) is 2.59. The number of nitrogens with zero attached hydrogens (tertiary/aromatic N) is 4. The van der Waals surface area contributed by atoms with Gasteiger partial charge >= 0.3 is 0 Å². The van der Waals surface area contributed by atoms with Crippen LogP contribution < -0.4 is 4.74 Å². The van der Waals surface area contributed by atoms with Crippen molar-refractivity contribution in [1.82, 2.24) is 19.9 Å². The zero-order valence-corrected chi connectivity index (χ0v) is 15.3. The van der Waals surface area contributed by atoms with Crippen molar-refractivity contribution in [2.75, 3.05) is 19.4 Å². The predicted octanol–water partition coefficient (Wildman–Crippen LogP) is 1.62. The summed E-state index contributed by atoms with van der Waals surface area (Å²) in [5.74, 6) is 0.679. The SMILES string of the molecule is CCCOc1ncccc1CN1CCc2nc(S(C)(=O)=O)ncc2C1. The summed E-state index contributed by atoms with van der Waals surface area (Å²) in [6, 6.07) is 3.93. The van der Waals surface area contributed by atoms with Gasteiger partial charge in [-0.05, 0) is 12.5 Å². The molecule has 0 N–H and O–H groups in total. The van der Waals surface area contributed by atoms with Crippen molar-refractivity contribution in [3.05, 3.63) is 41.3 Å². The lowest BCUT2D eigenvalue weighted by Crippen LogP contribution is -2.31. The molecular formula is C17H22N4O3S. The van der Waals surface area contributed by atoms with E-state index < -0.39 is 9.84 Å². The van der Waals surface area contributed by atoms with Crippen LogP contribution in [0.4, 0.5) is 0 Å². The zero-order valence-electron chi connectivity index (χ0n) is 14.5. The summed E-state index contributed by atoms with van der Waals surface area (Å²) in [4.78, 5) is 14.8. The van der Waals surface area contributed by atoms with E-state index in [4.69, 9.17) is 4.74 Å². The maximum atomic E-state index is 11.6. The summed E-state index contributed by atoms with van der Waals surface area (Å²) in [5.41, 5.74) is 2.84. The van der Waals surface area contributed by atoms with Crippen LogP contribution in [-0.2, 0) is 29.3 Å². The maximum Gasteiger partial charge on any atom is 0.246 e. The lowest BCUT2D eigenvalue weighted by atomic mass is 10.1. The first kappa shape index (κ1) is 17.8. The first-order chi connectivity index (χ1) is 12.0. The second kappa shape index (κ2) is 7.45. The third kappa shape index (κ3) is 4.32. The molecule has 0 aromatic carbocycles. The van der Waals surface area contributed by atoms with Crippen molar-refractivity contribution >= 4 is 9.84 Å². The minimum Gasteiger partial charge on any atom is -0.477 e. The van der Waals surface area contributed by atoms with Gasteiger partial charge in [-0.3, -0.25) is 4.90 Å². The van der Waals surface area contributed by atoms with Gasteiger partial charge in [-0.1, -0.05) is 13.0 Å². The first-order valence-corrected chi connectivity index (χ1v) is 10.2. The number of ether oxygens (including phenoxy) is 1. The molecular weight excluding hydrogens is 340 g/mol. The topological polar surface area (TPSA) is 85.3 Å². The van der Waals surface area contributed by atoms with Crippen molar-refractivity contribution in [2.24, 2.45) is 0 Å². The van der Waals surface area contributed by atoms with E-state index in [-0.39, 0.29) is 5.16 Å². The molecule has 8 heteroatoms. The highest BCUT2D eigenvalue weighted by molar-refractivity contribution is 7.90. The largest absolute Gasteiger partial charge is 0.477 e. The Labute approximate surface area is 148 Å². The molecule has 134 valence electrons. The minimum atomic E-state index is -3.37. The molecule has 1 aliphatic heterocycles. The molecule has 0 aliphatic carbocycles. The summed E-state index contributed by atoms with van der Waals surface area (Å²) in [5, 5.41) is -0.0952. The number of sulfone groups is 1. The summed E-state index contributed by atoms with van der Waals surface area (Å²) < 4.78 is 28.9. The molecule has 3 rings (SSSR count). The Hall–Kier alpha value is -2.06. The van der Waals surface area contributed by atoms with Gasteiger partial charge in [0.15, 0.2) is 0 Å². The zero-order chi connectivity index (χ0) is 17.9. The molecule has 0 saturated heterocycles. The van der Waals surface area contributed by atoms with Crippen LogP contribution in [-0.4, -0.2) is 47.7 Å². The van der Waals surface area contributed by atoms with E-state index >= 15 is 0 Å². The van der Waals surface area contributed by atoms with E-state index in [9.17, 15) is 8.42 Å². The Bertz CT molecular complexity index is 855. The smallest absolute Gasteiger partial charge is 0.246 e. The normalized spacial score (nSPS) is 15.0. The Balaban J connectivity index is 1.74. The molecule has 0 spiro atoms. The Morgan fingerprint density at radius 1 is 1.32 bits per heavy atom. The highest BCUT2D eigenvalue weighted by Gasteiger charge is 2.22. The van der Waals surface area contributed by atoms with Crippen LogP contribution in [0, 0.1) is 0 Å². The second-order valence-corrected chi connectivity index (χ2v) is 8.08. The van der Waals surface area contributed by atoms with E-state index in [2.05, 4.69) is 26.8 Å². The second-order valence-electron chi connectivity index (χ2n) is 6.17. The number of rotatable bonds is 6. The monoisotopic (exact) mass is 362 g/mol. The van der Waals surface area contributed by atoms with Crippen LogP contribution in [0.3, 0.4) is 0 Å². The average molecular weight is 362 g/mol. The van der Waals surface area contributed by atoms with Crippen molar-refractivity contribution in [1.29, 1.82) is 0 Å². The van der Waals surface area contributed by atoms with Gasteiger partial charge in [0.25, 0.3) is 0 Å². The van der Waals surface area contributed by atoms with Crippen molar-refractivity contribution in [3.8, 4) is 5.88 Å². The van der Waals surface area contributed by atoms with Crippen molar-refractivity contribution in [3.63, 3.8) is 0 Å². The molecule has 0 bridgehead atoms. The Morgan fingerprint density at radius 2 is 2.16 bits per heavy atom. The predicted molar refractivity (Wildman–Crippen MR) is 93.0 cm³/mol. The fraction of sp³-hybridized carbons (Fsp3) is 0.471. The maximum absolute atomic E-state index is 11.6. The van der Waals surface area contributed by atoms with E-state index in [0.29, 0.717) is 25.5 Å². The lowest BCUT2D eigenvalue weighted by molar-refractivity contribution is 0.232. The Morgan fingerprint density at radius 3 is 2.92 bits per heavy atom. The fourth-order valence-electron chi connectivity index (χ4n) is 2.78. The summed E-state index contributed by atoms with van der Waals surface area (Å²) >= 11 is 0. The van der Waals surface area contributed by atoms with Gasteiger partial charge in [-0.2, -0.15) is 0 Å². The molecule has 0 saturated carbocycles. The van der Waals surface area contributed by atoms with E-state index in [1.54, 1.807) is 12.4 Å². The lowest BCUT2D eigenvalue weighted by Gasteiger charge is -2.28. The minimum absolute atomic E-state index is 0.0952. The van der Waals surface area contributed by atoms with E-state index in [1.165, 1.54) is 0 Å². The molecule has 1 aliphatic rings. The highest BCUT2D eigenvalue weighted by Crippen LogP contribution is 2.22. The van der Waals surface area contributed by atoms with E-state index in [0.717, 1.165) is 42.6 Å². The van der Waals surface area contributed by atoms with Crippen molar-refractivity contribution in [2.45, 2.75) is 38.0 Å². The van der Waals surface area contributed by atoms with Gasteiger partial charge in [-0.15, -0.1) is 0 Å². The molecule has 25 heavy (non-hydrogen) atoms. The van der Waals surface area contributed by atoms with Gasteiger partial charge in [0.2, 0.25) is 20.9 Å². The third-order valence-corrected chi connectivity index (χ3v) is 4.87. The third-order valence-electron chi connectivity index (χ3n) is 4.01. The van der Waals surface area contributed by atoms with Gasteiger partial charge in [0.05, 0.1) is 12.3 Å². The molecule has 2 aromatic rings. The molecule has 0 atom stereocenters. The summed E-state index contributed by atoms with van der Waals surface area (Å²) in [7, 11) is -3.37. The van der Waals surface area contributed by atoms with Gasteiger partial charge in [-0.25, -0.2) is 23.4 Å².